The normalized spacial score (nSPS) is 22.0. The standard InChI is InChI=1S/C21H17N5O2.2ClH.Co/c1-27-12-6-8-14-18(10-12)25-20(23-14)16-4-3-5-17(22-16)21-24-15-9-7-13(28-2)11-19(15)26-21;;;/h3-11,14-15H,1-2H3;2*1H;/q;;;+2/p-2. The second kappa shape index (κ2) is 10.2. The van der Waals surface area contributed by atoms with Crippen molar-refractivity contribution in [1.29, 1.82) is 0 Å². The Hall–Kier alpha value is -2.52. The number of rotatable bonds is 4. The van der Waals surface area contributed by atoms with E-state index in [-0.39, 0.29) is 53.7 Å². The molecule has 0 fully saturated rings. The summed E-state index contributed by atoms with van der Waals surface area (Å²) in [5.74, 6) is 2.74. The van der Waals surface area contributed by atoms with Gasteiger partial charge in [0.25, 0.3) is 0 Å². The molecule has 0 saturated heterocycles. The van der Waals surface area contributed by atoms with Crippen LogP contribution < -0.4 is 24.8 Å². The molecule has 0 saturated carbocycles. The zero-order valence-electron chi connectivity index (χ0n) is 16.5. The van der Waals surface area contributed by atoms with Gasteiger partial charge in [-0.05, 0) is 24.3 Å². The number of allylic oxidation sites excluding steroid dienone is 2. The van der Waals surface area contributed by atoms with Gasteiger partial charge in [-0.15, -0.1) is 0 Å². The molecule has 5 rings (SSSR count). The maximum atomic E-state index is 5.27. The predicted octanol–water partition coefficient (Wildman–Crippen LogP) is -3.57. The van der Waals surface area contributed by atoms with Gasteiger partial charge in [0.15, 0.2) is 11.7 Å². The zero-order chi connectivity index (χ0) is 19.1. The van der Waals surface area contributed by atoms with Crippen LogP contribution in [0.2, 0.25) is 0 Å². The first-order valence-electron chi connectivity index (χ1n) is 8.92. The molecule has 2 unspecified atom stereocenters. The van der Waals surface area contributed by atoms with Crippen LogP contribution in [0.25, 0.3) is 0 Å². The Morgan fingerprint density at radius 2 is 1.19 bits per heavy atom. The SMILES string of the molecule is COC1=CC2=NC(c3cccc(C4=NC5C=CC(OC)=CC5=N4)n3)=NC2C=C1.[Cl-].[Cl-].[Co+2]. The Kier molecular flexibility index (Phi) is 8.13. The summed E-state index contributed by atoms with van der Waals surface area (Å²) >= 11 is 0. The molecule has 2 aliphatic carbocycles. The van der Waals surface area contributed by atoms with Crippen LogP contribution in [0, 0.1) is 0 Å². The quantitative estimate of drug-likeness (QED) is 0.429. The van der Waals surface area contributed by atoms with Gasteiger partial charge >= 0.3 is 16.8 Å². The molecule has 1 aromatic rings. The maximum Gasteiger partial charge on any atom is 2.00 e. The average molecular weight is 501 g/mol. The Labute approximate surface area is 202 Å². The molecule has 4 aliphatic rings. The third-order valence-electron chi connectivity index (χ3n) is 4.74. The van der Waals surface area contributed by atoms with Gasteiger partial charge < -0.3 is 34.3 Å². The molecule has 2 aliphatic heterocycles. The van der Waals surface area contributed by atoms with Crippen molar-refractivity contribution in [2.24, 2.45) is 20.0 Å². The van der Waals surface area contributed by atoms with E-state index in [1.807, 2.05) is 54.7 Å². The first kappa shape index (κ1) is 24.7. The number of hydrogen-bond acceptors (Lipinski definition) is 7. The first-order valence-corrected chi connectivity index (χ1v) is 8.92. The molecule has 0 spiro atoms. The largest absolute Gasteiger partial charge is 2.00 e. The van der Waals surface area contributed by atoms with Crippen molar-refractivity contribution in [3.63, 3.8) is 0 Å². The smallest absolute Gasteiger partial charge is 1.00 e. The molecule has 31 heavy (non-hydrogen) atoms. The molecule has 161 valence electrons. The van der Waals surface area contributed by atoms with Gasteiger partial charge in [-0.25, -0.2) is 15.0 Å². The van der Waals surface area contributed by atoms with Gasteiger partial charge in [-0.1, -0.05) is 18.2 Å². The molecular weight excluding hydrogens is 484 g/mol. The second-order valence-corrected chi connectivity index (χ2v) is 6.50. The third kappa shape index (κ3) is 4.72. The average Bonchev–Trinajstić information content (AvgIpc) is 3.36. The van der Waals surface area contributed by atoms with Crippen LogP contribution in [-0.2, 0) is 26.3 Å². The molecule has 10 heteroatoms. The number of pyridine rings is 1. The topological polar surface area (TPSA) is 80.8 Å². The van der Waals surface area contributed by atoms with Crippen LogP contribution in [0.1, 0.15) is 11.4 Å². The van der Waals surface area contributed by atoms with E-state index >= 15 is 0 Å². The molecule has 1 aromatic heterocycles. The van der Waals surface area contributed by atoms with Crippen molar-refractivity contribution >= 4 is 23.1 Å². The number of nitrogens with zero attached hydrogens (tertiary/aromatic N) is 5. The Bertz CT molecular complexity index is 1040. The summed E-state index contributed by atoms with van der Waals surface area (Å²) in [6.45, 7) is 0. The van der Waals surface area contributed by atoms with Crippen LogP contribution in [0.3, 0.4) is 0 Å². The minimum atomic E-state index is -0.0889. The first-order chi connectivity index (χ1) is 13.7. The number of hydrogen-bond donors (Lipinski definition) is 0. The fraction of sp³-hybridized carbons (Fsp3) is 0.190. The van der Waals surface area contributed by atoms with E-state index in [1.54, 1.807) is 14.2 Å². The molecule has 0 aromatic carbocycles. The number of methoxy groups -OCH3 is 2. The van der Waals surface area contributed by atoms with Crippen LogP contribution in [-0.4, -0.2) is 54.4 Å². The molecule has 0 amide bonds. The third-order valence-corrected chi connectivity index (χ3v) is 4.74. The molecular formula is C21H17Cl2CoN5O2. The van der Waals surface area contributed by atoms with Gasteiger partial charge in [0.2, 0.25) is 0 Å². The van der Waals surface area contributed by atoms with E-state index < -0.39 is 0 Å². The van der Waals surface area contributed by atoms with Crippen molar-refractivity contribution in [3.8, 4) is 0 Å². The summed E-state index contributed by atoms with van der Waals surface area (Å²) in [5.41, 5.74) is 3.10. The van der Waals surface area contributed by atoms with Crippen molar-refractivity contribution in [1.82, 2.24) is 4.98 Å². The number of halogens is 2. The fourth-order valence-electron chi connectivity index (χ4n) is 3.29. The van der Waals surface area contributed by atoms with Crippen molar-refractivity contribution in [2.45, 2.75) is 12.1 Å². The number of fused-ring (bicyclic) bond motifs is 2. The van der Waals surface area contributed by atoms with E-state index in [4.69, 9.17) is 14.5 Å². The molecule has 7 nitrogen and oxygen atoms in total. The fourth-order valence-corrected chi connectivity index (χ4v) is 3.29. The number of aliphatic imine (C=N–C) groups is 4. The second-order valence-electron chi connectivity index (χ2n) is 6.50. The predicted molar refractivity (Wildman–Crippen MR) is 108 cm³/mol. The maximum absolute atomic E-state index is 5.27. The van der Waals surface area contributed by atoms with Gasteiger partial charge in [0.05, 0.1) is 25.6 Å². The van der Waals surface area contributed by atoms with Gasteiger partial charge in [0, 0.05) is 12.2 Å². The van der Waals surface area contributed by atoms with Crippen LogP contribution in [0.15, 0.2) is 86.1 Å². The Morgan fingerprint density at radius 3 is 1.61 bits per heavy atom. The number of ether oxygens (including phenoxy) is 2. The number of aromatic nitrogens is 1. The van der Waals surface area contributed by atoms with Crippen molar-refractivity contribution < 1.29 is 51.1 Å². The summed E-state index contributed by atoms with van der Waals surface area (Å²) in [6.07, 6.45) is 11.5. The summed E-state index contributed by atoms with van der Waals surface area (Å²) < 4.78 is 10.5. The van der Waals surface area contributed by atoms with Gasteiger partial charge in [-0.3, -0.25) is 9.98 Å². The minimum absolute atomic E-state index is 0. The minimum Gasteiger partial charge on any atom is -1.00 e. The van der Waals surface area contributed by atoms with Crippen LogP contribution in [0.4, 0.5) is 0 Å². The van der Waals surface area contributed by atoms with E-state index in [9.17, 15) is 0 Å². The van der Waals surface area contributed by atoms with Crippen molar-refractivity contribution in [2.75, 3.05) is 14.2 Å². The summed E-state index contributed by atoms with van der Waals surface area (Å²) in [5, 5.41) is 0. The van der Waals surface area contributed by atoms with E-state index in [1.165, 1.54) is 0 Å². The van der Waals surface area contributed by atoms with Crippen LogP contribution in [0.5, 0.6) is 0 Å². The van der Waals surface area contributed by atoms with Gasteiger partial charge in [-0.2, -0.15) is 0 Å². The summed E-state index contributed by atoms with van der Waals surface area (Å²) in [7, 11) is 3.28. The van der Waals surface area contributed by atoms with Crippen molar-refractivity contribution in [3.05, 3.63) is 77.6 Å². The molecule has 0 bridgehead atoms. The van der Waals surface area contributed by atoms with Gasteiger partial charge in [0.1, 0.15) is 35.0 Å². The van der Waals surface area contributed by atoms with E-state index in [0.29, 0.717) is 23.1 Å². The Balaban J connectivity index is 0.00000114. The zero-order valence-corrected chi connectivity index (χ0v) is 19.0. The molecule has 3 heterocycles. The molecule has 2 atom stereocenters. The van der Waals surface area contributed by atoms with Crippen LogP contribution >= 0.6 is 0 Å². The summed E-state index contributed by atoms with van der Waals surface area (Å²) in [4.78, 5) is 23.3. The molecule has 1 radical (unpaired) electrons. The molecule has 0 N–H and O–H groups in total. The monoisotopic (exact) mass is 500 g/mol. The van der Waals surface area contributed by atoms with E-state index in [0.717, 1.165) is 22.9 Å². The number of amidine groups is 2. The Morgan fingerprint density at radius 1 is 0.742 bits per heavy atom. The summed E-state index contributed by atoms with van der Waals surface area (Å²) in [6, 6.07) is 5.54. The van der Waals surface area contributed by atoms with E-state index in [2.05, 4.69) is 20.0 Å².